The molecule has 1 atom stereocenters. The van der Waals surface area contributed by atoms with Crippen molar-refractivity contribution in [3.8, 4) is 0 Å². The Morgan fingerprint density at radius 2 is 2.17 bits per heavy atom. The van der Waals surface area contributed by atoms with Crippen molar-refractivity contribution in [3.63, 3.8) is 0 Å². The van der Waals surface area contributed by atoms with Crippen molar-refractivity contribution in [1.29, 1.82) is 0 Å². The van der Waals surface area contributed by atoms with E-state index < -0.39 is 0 Å². The molecule has 0 bridgehead atoms. The van der Waals surface area contributed by atoms with E-state index in [1.165, 1.54) is 12.1 Å². The van der Waals surface area contributed by atoms with Crippen molar-refractivity contribution in [2.45, 2.75) is 32.2 Å². The number of likely N-dealkylation sites (tertiary alicyclic amines) is 1. The van der Waals surface area contributed by atoms with E-state index in [0.29, 0.717) is 13.1 Å². The van der Waals surface area contributed by atoms with E-state index in [1.54, 1.807) is 23.5 Å². The Labute approximate surface area is 138 Å². The molecule has 2 heterocycles. The smallest absolute Gasteiger partial charge is 0.317 e. The average Bonchev–Trinajstić information content (AvgIpc) is 3.01. The first-order valence-electron chi connectivity index (χ1n) is 7.69. The van der Waals surface area contributed by atoms with E-state index in [4.69, 9.17) is 0 Å². The van der Waals surface area contributed by atoms with Gasteiger partial charge in [0.1, 0.15) is 15.8 Å². The van der Waals surface area contributed by atoms with E-state index in [-0.39, 0.29) is 17.8 Å². The number of carbonyl (C=O) groups excluding carboxylic acids is 1. The molecule has 0 spiro atoms. The Hall–Kier alpha value is -2.02. The van der Waals surface area contributed by atoms with Gasteiger partial charge < -0.3 is 10.2 Å². The summed E-state index contributed by atoms with van der Waals surface area (Å²) in [7, 11) is 0. The summed E-state index contributed by atoms with van der Waals surface area (Å²) in [5.41, 5.74) is 0.882. The standard InChI is InChI=1S/C16H19FN4OS/c1-11-19-20-15(23-11)13-3-2-8-21(10-13)16(22)18-9-12-4-6-14(17)7-5-12/h4-7,13H,2-3,8-10H2,1H3,(H,18,22). The maximum absolute atomic E-state index is 12.9. The molecule has 1 N–H and O–H groups in total. The first-order chi connectivity index (χ1) is 11.1. The van der Waals surface area contributed by atoms with Crippen LogP contribution >= 0.6 is 11.3 Å². The second-order valence-electron chi connectivity index (χ2n) is 5.73. The zero-order valence-corrected chi connectivity index (χ0v) is 13.8. The molecule has 2 aromatic rings. The van der Waals surface area contributed by atoms with Crippen LogP contribution in [0.3, 0.4) is 0 Å². The van der Waals surface area contributed by atoms with Crippen molar-refractivity contribution in [2.24, 2.45) is 0 Å². The fraction of sp³-hybridized carbons (Fsp3) is 0.438. The fourth-order valence-electron chi connectivity index (χ4n) is 2.73. The molecule has 1 unspecified atom stereocenters. The summed E-state index contributed by atoms with van der Waals surface area (Å²) in [4.78, 5) is 14.2. The van der Waals surface area contributed by atoms with Gasteiger partial charge in [0.2, 0.25) is 0 Å². The summed E-state index contributed by atoms with van der Waals surface area (Å²) in [6.07, 6.45) is 2.00. The summed E-state index contributed by atoms with van der Waals surface area (Å²) in [5, 5.41) is 13.1. The molecule has 3 rings (SSSR count). The predicted molar refractivity (Wildman–Crippen MR) is 86.8 cm³/mol. The second kappa shape index (κ2) is 7.04. The minimum absolute atomic E-state index is 0.0831. The molecule has 0 radical (unpaired) electrons. The predicted octanol–water partition coefficient (Wildman–Crippen LogP) is 3.07. The Morgan fingerprint density at radius 3 is 2.87 bits per heavy atom. The number of hydrogen-bond donors (Lipinski definition) is 1. The molecule has 5 nitrogen and oxygen atoms in total. The number of urea groups is 1. The highest BCUT2D eigenvalue weighted by Crippen LogP contribution is 2.28. The van der Waals surface area contributed by atoms with Crippen LogP contribution in [0.25, 0.3) is 0 Å². The molecule has 0 aliphatic carbocycles. The summed E-state index contributed by atoms with van der Waals surface area (Å²) in [6.45, 7) is 3.77. The van der Waals surface area contributed by atoms with Crippen LogP contribution in [-0.4, -0.2) is 34.2 Å². The molecule has 1 aliphatic rings. The molecule has 0 saturated carbocycles. The number of halogens is 1. The van der Waals surface area contributed by atoms with E-state index in [2.05, 4.69) is 15.5 Å². The van der Waals surface area contributed by atoms with Crippen molar-refractivity contribution in [2.75, 3.05) is 13.1 Å². The minimum atomic E-state index is -0.272. The number of aryl methyl sites for hydroxylation is 1. The van der Waals surface area contributed by atoms with E-state index in [9.17, 15) is 9.18 Å². The van der Waals surface area contributed by atoms with Crippen molar-refractivity contribution in [1.82, 2.24) is 20.4 Å². The normalized spacial score (nSPS) is 18.0. The third-order valence-corrected chi connectivity index (χ3v) is 4.96. The van der Waals surface area contributed by atoms with Crippen molar-refractivity contribution >= 4 is 17.4 Å². The van der Waals surface area contributed by atoms with Gasteiger partial charge in [0.15, 0.2) is 0 Å². The summed E-state index contributed by atoms with van der Waals surface area (Å²) in [5.74, 6) is -0.00202. The van der Waals surface area contributed by atoms with Gasteiger partial charge in [-0.1, -0.05) is 12.1 Å². The zero-order valence-electron chi connectivity index (χ0n) is 13.0. The molecule has 23 heavy (non-hydrogen) atoms. The summed E-state index contributed by atoms with van der Waals surface area (Å²) < 4.78 is 12.9. The van der Waals surface area contributed by atoms with Gasteiger partial charge in [0.25, 0.3) is 0 Å². The SMILES string of the molecule is Cc1nnc(C2CCCN(C(=O)NCc3ccc(F)cc3)C2)s1. The number of amides is 2. The van der Waals surface area contributed by atoms with Crippen LogP contribution in [0.15, 0.2) is 24.3 Å². The molecule has 2 amide bonds. The zero-order chi connectivity index (χ0) is 16.2. The van der Waals surface area contributed by atoms with Crippen LogP contribution in [0.5, 0.6) is 0 Å². The third kappa shape index (κ3) is 4.04. The first-order valence-corrected chi connectivity index (χ1v) is 8.50. The number of aromatic nitrogens is 2. The molecule has 1 fully saturated rings. The van der Waals surface area contributed by atoms with Gasteiger partial charge in [-0.3, -0.25) is 0 Å². The van der Waals surface area contributed by atoms with E-state index in [0.717, 1.165) is 35.0 Å². The molecule has 1 aromatic heterocycles. The van der Waals surface area contributed by atoms with Crippen LogP contribution in [0.2, 0.25) is 0 Å². The van der Waals surface area contributed by atoms with E-state index in [1.807, 2.05) is 11.8 Å². The van der Waals surface area contributed by atoms with Crippen molar-refractivity contribution < 1.29 is 9.18 Å². The number of benzene rings is 1. The van der Waals surface area contributed by atoms with Crippen LogP contribution in [-0.2, 0) is 6.54 Å². The summed E-state index contributed by atoms with van der Waals surface area (Å²) >= 11 is 1.60. The maximum atomic E-state index is 12.9. The topological polar surface area (TPSA) is 58.1 Å². The van der Waals surface area contributed by atoms with Gasteiger partial charge in [-0.25, -0.2) is 9.18 Å². The molecule has 1 aromatic carbocycles. The van der Waals surface area contributed by atoms with Crippen LogP contribution in [0.4, 0.5) is 9.18 Å². The molecule has 1 saturated heterocycles. The molecule has 1 aliphatic heterocycles. The Balaban J connectivity index is 1.55. The van der Waals surface area contributed by atoms with Gasteiger partial charge in [-0.15, -0.1) is 21.5 Å². The lowest BCUT2D eigenvalue weighted by molar-refractivity contribution is 0.179. The maximum Gasteiger partial charge on any atom is 0.317 e. The number of nitrogens with zero attached hydrogens (tertiary/aromatic N) is 3. The first kappa shape index (κ1) is 15.9. The Kier molecular flexibility index (Phi) is 4.85. The van der Waals surface area contributed by atoms with Gasteiger partial charge in [-0.05, 0) is 37.5 Å². The number of carbonyl (C=O) groups is 1. The number of hydrogen-bond acceptors (Lipinski definition) is 4. The third-order valence-electron chi connectivity index (χ3n) is 3.96. The van der Waals surface area contributed by atoms with Gasteiger partial charge >= 0.3 is 6.03 Å². The minimum Gasteiger partial charge on any atom is -0.334 e. The Morgan fingerprint density at radius 1 is 1.39 bits per heavy atom. The monoisotopic (exact) mass is 334 g/mol. The van der Waals surface area contributed by atoms with Gasteiger partial charge in [-0.2, -0.15) is 0 Å². The number of nitrogens with one attached hydrogen (secondary N) is 1. The fourth-order valence-corrected chi connectivity index (χ4v) is 3.56. The highest BCUT2D eigenvalue weighted by Gasteiger charge is 2.26. The quantitative estimate of drug-likeness (QED) is 0.938. The van der Waals surface area contributed by atoms with Gasteiger partial charge in [0, 0.05) is 25.6 Å². The second-order valence-corrected chi connectivity index (χ2v) is 6.94. The highest BCUT2D eigenvalue weighted by molar-refractivity contribution is 7.11. The molecule has 7 heteroatoms. The van der Waals surface area contributed by atoms with E-state index >= 15 is 0 Å². The Bertz CT molecular complexity index is 673. The number of rotatable bonds is 3. The summed E-state index contributed by atoms with van der Waals surface area (Å²) in [6, 6.07) is 6.07. The largest absolute Gasteiger partial charge is 0.334 e. The van der Waals surface area contributed by atoms with Gasteiger partial charge in [0.05, 0.1) is 0 Å². The number of piperidine rings is 1. The highest BCUT2D eigenvalue weighted by atomic mass is 32.1. The molecule has 122 valence electrons. The van der Waals surface area contributed by atoms with Crippen LogP contribution in [0, 0.1) is 12.7 Å². The van der Waals surface area contributed by atoms with Crippen LogP contribution in [0.1, 0.15) is 34.3 Å². The molecular weight excluding hydrogens is 315 g/mol. The lowest BCUT2D eigenvalue weighted by Crippen LogP contribution is -2.44. The molecular formula is C16H19FN4OS. The van der Waals surface area contributed by atoms with Crippen LogP contribution < -0.4 is 5.32 Å². The lowest BCUT2D eigenvalue weighted by atomic mass is 9.99. The average molecular weight is 334 g/mol. The van der Waals surface area contributed by atoms with Crippen molar-refractivity contribution in [3.05, 3.63) is 45.7 Å². The lowest BCUT2D eigenvalue weighted by Gasteiger charge is -2.31.